The molecule has 1 aliphatic heterocycles. The lowest BCUT2D eigenvalue weighted by Crippen LogP contribution is -2.41. The van der Waals surface area contributed by atoms with Gasteiger partial charge in [-0.3, -0.25) is 9.59 Å². The molecule has 1 aliphatic rings. The number of cyclic esters (lactones) is 1. The van der Waals surface area contributed by atoms with Gasteiger partial charge in [0.25, 0.3) is 0 Å². The van der Waals surface area contributed by atoms with Crippen molar-refractivity contribution in [2.75, 3.05) is 6.61 Å². The molecule has 6 heteroatoms. The SMILES string of the molecule is O=C(O)CC(C(=O)C1COC(=O)N1)C(Cc1ccccc1)c1ccccc1. The number of amides is 1. The second-order valence-corrected chi connectivity index (χ2v) is 6.61. The van der Waals surface area contributed by atoms with Gasteiger partial charge < -0.3 is 15.2 Å². The van der Waals surface area contributed by atoms with E-state index in [0.717, 1.165) is 11.1 Å². The summed E-state index contributed by atoms with van der Waals surface area (Å²) in [5, 5.41) is 11.9. The van der Waals surface area contributed by atoms with Crippen LogP contribution in [-0.2, 0) is 20.7 Å². The number of ether oxygens (including phenoxy) is 1. The van der Waals surface area contributed by atoms with Crippen LogP contribution in [-0.4, -0.2) is 35.6 Å². The number of ketones is 1. The normalized spacial score (nSPS) is 18.2. The summed E-state index contributed by atoms with van der Waals surface area (Å²) in [5.41, 5.74) is 1.91. The second-order valence-electron chi connectivity index (χ2n) is 6.61. The van der Waals surface area contributed by atoms with Crippen LogP contribution in [0.3, 0.4) is 0 Å². The average Bonchev–Trinajstić information content (AvgIpc) is 3.12. The molecule has 0 radical (unpaired) electrons. The highest BCUT2D eigenvalue weighted by Gasteiger charge is 2.39. The molecule has 3 atom stereocenters. The van der Waals surface area contributed by atoms with Gasteiger partial charge in [0.1, 0.15) is 12.6 Å². The Labute approximate surface area is 157 Å². The Bertz CT molecular complexity index is 806. The lowest BCUT2D eigenvalue weighted by molar-refractivity contribution is -0.141. The number of carbonyl (C=O) groups excluding carboxylic acids is 2. The number of aliphatic carboxylic acids is 1. The number of hydrogen-bond acceptors (Lipinski definition) is 4. The minimum Gasteiger partial charge on any atom is -0.481 e. The Balaban J connectivity index is 1.95. The maximum Gasteiger partial charge on any atom is 0.407 e. The Morgan fingerprint density at radius 1 is 1.07 bits per heavy atom. The monoisotopic (exact) mass is 367 g/mol. The highest BCUT2D eigenvalue weighted by molar-refractivity contribution is 5.93. The molecule has 1 heterocycles. The molecule has 1 fully saturated rings. The summed E-state index contributed by atoms with van der Waals surface area (Å²) in [6, 6.07) is 18.3. The van der Waals surface area contributed by atoms with E-state index in [2.05, 4.69) is 5.32 Å². The van der Waals surface area contributed by atoms with Gasteiger partial charge in [0.05, 0.1) is 6.42 Å². The van der Waals surface area contributed by atoms with Crippen molar-refractivity contribution in [3.63, 3.8) is 0 Å². The van der Waals surface area contributed by atoms with Crippen LogP contribution in [0.4, 0.5) is 4.79 Å². The summed E-state index contributed by atoms with van der Waals surface area (Å²) in [6.07, 6.45) is -0.435. The van der Waals surface area contributed by atoms with Crippen LogP contribution in [0.2, 0.25) is 0 Å². The number of rotatable bonds is 8. The van der Waals surface area contributed by atoms with E-state index < -0.39 is 24.0 Å². The summed E-state index contributed by atoms with van der Waals surface area (Å²) >= 11 is 0. The van der Waals surface area contributed by atoms with Crippen LogP contribution < -0.4 is 5.32 Å². The van der Waals surface area contributed by atoms with E-state index >= 15 is 0 Å². The fraction of sp³-hybridized carbons (Fsp3) is 0.286. The van der Waals surface area contributed by atoms with E-state index in [1.54, 1.807) is 0 Å². The predicted molar refractivity (Wildman–Crippen MR) is 98.4 cm³/mol. The largest absolute Gasteiger partial charge is 0.481 e. The zero-order chi connectivity index (χ0) is 19.2. The van der Waals surface area contributed by atoms with Crippen molar-refractivity contribution < 1.29 is 24.2 Å². The number of alkyl carbamates (subject to hydrolysis) is 1. The maximum atomic E-state index is 13.1. The van der Waals surface area contributed by atoms with Gasteiger partial charge in [-0.1, -0.05) is 60.7 Å². The van der Waals surface area contributed by atoms with Crippen molar-refractivity contribution in [3.8, 4) is 0 Å². The van der Waals surface area contributed by atoms with Crippen molar-refractivity contribution in [1.29, 1.82) is 0 Å². The fourth-order valence-electron chi connectivity index (χ4n) is 3.49. The van der Waals surface area contributed by atoms with Crippen LogP contribution in [0.15, 0.2) is 60.7 Å². The lowest BCUT2D eigenvalue weighted by atomic mass is 9.76. The summed E-state index contributed by atoms with van der Waals surface area (Å²) in [4.78, 5) is 35.9. The quantitative estimate of drug-likeness (QED) is 0.748. The highest BCUT2D eigenvalue weighted by Crippen LogP contribution is 2.33. The van der Waals surface area contributed by atoms with Gasteiger partial charge in [-0.15, -0.1) is 0 Å². The molecule has 3 unspecified atom stereocenters. The molecule has 0 bridgehead atoms. The smallest absolute Gasteiger partial charge is 0.407 e. The topological polar surface area (TPSA) is 92.7 Å². The first-order valence-electron chi connectivity index (χ1n) is 8.82. The first kappa shape index (κ1) is 18.6. The van der Waals surface area contributed by atoms with Crippen molar-refractivity contribution >= 4 is 17.8 Å². The molecule has 0 spiro atoms. The maximum absolute atomic E-state index is 13.1. The molecular formula is C21H21NO5. The van der Waals surface area contributed by atoms with Crippen molar-refractivity contribution in [2.24, 2.45) is 5.92 Å². The number of carbonyl (C=O) groups is 3. The third-order valence-electron chi connectivity index (χ3n) is 4.79. The van der Waals surface area contributed by atoms with Gasteiger partial charge in [0, 0.05) is 5.92 Å². The molecule has 0 aromatic heterocycles. The number of hydrogen-bond donors (Lipinski definition) is 2. The van der Waals surface area contributed by atoms with Gasteiger partial charge in [-0.25, -0.2) is 4.79 Å². The van der Waals surface area contributed by atoms with Crippen molar-refractivity contribution in [3.05, 3.63) is 71.8 Å². The zero-order valence-electron chi connectivity index (χ0n) is 14.7. The molecule has 6 nitrogen and oxygen atoms in total. The molecule has 3 rings (SSSR count). The molecule has 27 heavy (non-hydrogen) atoms. The average molecular weight is 367 g/mol. The minimum absolute atomic E-state index is 0.0688. The third-order valence-corrected chi connectivity index (χ3v) is 4.79. The molecule has 140 valence electrons. The summed E-state index contributed by atoms with van der Waals surface area (Å²) in [7, 11) is 0. The van der Waals surface area contributed by atoms with E-state index in [1.165, 1.54) is 0 Å². The summed E-state index contributed by atoms with van der Waals surface area (Å²) in [6.45, 7) is -0.0688. The van der Waals surface area contributed by atoms with E-state index in [4.69, 9.17) is 4.74 Å². The summed E-state index contributed by atoms with van der Waals surface area (Å²) < 4.78 is 4.83. The second kappa shape index (κ2) is 8.49. The number of benzene rings is 2. The van der Waals surface area contributed by atoms with Crippen LogP contribution >= 0.6 is 0 Å². The molecule has 2 N–H and O–H groups in total. The molecule has 1 saturated heterocycles. The van der Waals surface area contributed by atoms with Crippen molar-refractivity contribution in [1.82, 2.24) is 5.32 Å². The fourth-order valence-corrected chi connectivity index (χ4v) is 3.49. The van der Waals surface area contributed by atoms with Gasteiger partial charge in [0.15, 0.2) is 5.78 Å². The van der Waals surface area contributed by atoms with E-state index in [0.29, 0.717) is 6.42 Å². The Hall–Kier alpha value is -3.15. The number of nitrogens with one attached hydrogen (secondary N) is 1. The van der Waals surface area contributed by atoms with Crippen LogP contribution in [0, 0.1) is 5.92 Å². The highest BCUT2D eigenvalue weighted by atomic mass is 16.6. The first-order valence-corrected chi connectivity index (χ1v) is 8.82. The number of carboxylic acid groups (broad SMARTS) is 1. The number of Topliss-reactive ketones (excluding diaryl/α,β-unsaturated/α-hetero) is 1. The first-order chi connectivity index (χ1) is 13.0. The Morgan fingerprint density at radius 3 is 2.26 bits per heavy atom. The molecule has 2 aromatic rings. The standard InChI is InChI=1S/C21H21NO5/c23-19(24)12-17(20(25)18-13-27-21(26)22-18)16(15-9-5-2-6-10-15)11-14-7-3-1-4-8-14/h1-10,16-18H,11-13H2,(H,22,26)(H,23,24). The molecule has 0 saturated carbocycles. The Kier molecular flexibility index (Phi) is 5.86. The lowest BCUT2D eigenvalue weighted by Gasteiger charge is -2.27. The molecule has 1 amide bonds. The number of carboxylic acids is 1. The van der Waals surface area contributed by atoms with E-state index in [1.807, 2.05) is 60.7 Å². The molecule has 0 aliphatic carbocycles. The van der Waals surface area contributed by atoms with Crippen LogP contribution in [0.25, 0.3) is 0 Å². The van der Waals surface area contributed by atoms with Crippen molar-refractivity contribution in [2.45, 2.75) is 24.8 Å². The minimum atomic E-state index is -1.05. The summed E-state index contributed by atoms with van der Waals surface area (Å²) in [5.74, 6) is -2.47. The zero-order valence-corrected chi connectivity index (χ0v) is 14.7. The third kappa shape index (κ3) is 4.73. The molecular weight excluding hydrogens is 346 g/mol. The Morgan fingerprint density at radius 2 is 1.70 bits per heavy atom. The van der Waals surface area contributed by atoms with E-state index in [-0.39, 0.29) is 24.7 Å². The predicted octanol–water partition coefficient (Wildman–Crippen LogP) is 2.78. The van der Waals surface area contributed by atoms with Gasteiger partial charge in [-0.05, 0) is 23.5 Å². The van der Waals surface area contributed by atoms with E-state index in [9.17, 15) is 19.5 Å². The van der Waals surface area contributed by atoms with Gasteiger partial charge in [0.2, 0.25) is 0 Å². The van der Waals surface area contributed by atoms with Crippen LogP contribution in [0.1, 0.15) is 23.5 Å². The van der Waals surface area contributed by atoms with Crippen LogP contribution in [0.5, 0.6) is 0 Å². The van der Waals surface area contributed by atoms with Gasteiger partial charge in [-0.2, -0.15) is 0 Å². The molecule has 2 aromatic carbocycles. The van der Waals surface area contributed by atoms with Gasteiger partial charge >= 0.3 is 12.1 Å².